The first kappa shape index (κ1) is 13.7. The second-order valence-electron chi connectivity index (χ2n) is 3.58. The van der Waals surface area contributed by atoms with Crippen molar-refractivity contribution in [3.05, 3.63) is 53.5 Å². The molecule has 1 N–H and O–H groups in total. The summed E-state index contributed by atoms with van der Waals surface area (Å²) >= 11 is 12.2. The van der Waals surface area contributed by atoms with E-state index >= 15 is 0 Å². The maximum atomic E-state index is 3.51. The van der Waals surface area contributed by atoms with Crippen LogP contribution in [0, 0.1) is 0 Å². The van der Waals surface area contributed by atoms with Crippen LogP contribution in [0.25, 0.3) is 0 Å². The van der Waals surface area contributed by atoms with Crippen molar-refractivity contribution in [1.82, 2.24) is 5.32 Å². The van der Waals surface area contributed by atoms with E-state index in [1.54, 1.807) is 11.3 Å². The molecule has 0 bridgehead atoms. The first-order chi connectivity index (χ1) is 8.15. The fourth-order valence-electron chi connectivity index (χ4n) is 1.43. The molecule has 17 heavy (non-hydrogen) atoms. The van der Waals surface area contributed by atoms with Crippen LogP contribution in [0.4, 0.5) is 0 Å². The summed E-state index contributed by atoms with van der Waals surface area (Å²) in [6, 6.07) is 8.45. The van der Waals surface area contributed by atoms with Crippen molar-refractivity contribution in [1.29, 1.82) is 0 Å². The van der Waals surface area contributed by atoms with Gasteiger partial charge in [0.2, 0.25) is 0 Å². The van der Waals surface area contributed by atoms with Gasteiger partial charge in [0.25, 0.3) is 0 Å². The zero-order valence-electron chi connectivity index (χ0n) is 8.84. The Morgan fingerprint density at radius 2 is 1.82 bits per heavy atom. The molecule has 0 saturated carbocycles. The van der Waals surface area contributed by atoms with Gasteiger partial charge in [0, 0.05) is 36.8 Å². The summed E-state index contributed by atoms with van der Waals surface area (Å²) in [5.41, 5.74) is 1.27. The topological polar surface area (TPSA) is 12.0 Å². The van der Waals surface area contributed by atoms with Crippen LogP contribution in [0.1, 0.15) is 10.4 Å². The highest BCUT2D eigenvalue weighted by Gasteiger charge is 2.00. The molecule has 5 heteroatoms. The van der Waals surface area contributed by atoms with Crippen LogP contribution >= 0.6 is 59.1 Å². The zero-order valence-corrected chi connectivity index (χ0v) is 14.4. The number of hydrogen-bond donors (Lipinski definition) is 1. The summed E-state index contributed by atoms with van der Waals surface area (Å²) in [5, 5.41) is 5.54. The summed E-state index contributed by atoms with van der Waals surface area (Å²) < 4.78 is 3.34. The Morgan fingerprint density at radius 1 is 1.00 bits per heavy atom. The fraction of sp³-hybridized carbons (Fsp3) is 0.167. The van der Waals surface area contributed by atoms with Gasteiger partial charge >= 0.3 is 0 Å². The molecule has 0 aliphatic heterocycles. The highest BCUT2D eigenvalue weighted by molar-refractivity contribution is 9.13. The molecule has 0 fully saturated rings. The Bertz CT molecular complexity index is 510. The Kier molecular flexibility index (Phi) is 5.24. The van der Waals surface area contributed by atoms with E-state index in [1.165, 1.54) is 10.4 Å². The fourth-order valence-corrected chi connectivity index (χ4v) is 3.52. The van der Waals surface area contributed by atoms with Crippen LogP contribution in [0.2, 0.25) is 0 Å². The van der Waals surface area contributed by atoms with Crippen LogP contribution in [0.3, 0.4) is 0 Å². The predicted molar refractivity (Wildman–Crippen MR) is 84.4 cm³/mol. The summed E-state index contributed by atoms with van der Waals surface area (Å²) in [7, 11) is 0. The van der Waals surface area contributed by atoms with Crippen molar-refractivity contribution in [2.75, 3.05) is 0 Å². The van der Waals surface area contributed by atoms with Crippen molar-refractivity contribution in [3.63, 3.8) is 0 Å². The SMILES string of the molecule is Brc1csc(CNCc2ccc(Br)c(Br)c2)c1. The maximum Gasteiger partial charge on any atom is 0.0320 e. The molecule has 0 unspecified atom stereocenters. The molecule has 1 heterocycles. The van der Waals surface area contributed by atoms with Crippen molar-refractivity contribution < 1.29 is 0 Å². The van der Waals surface area contributed by atoms with E-state index in [0.717, 1.165) is 26.5 Å². The molecule has 1 aromatic heterocycles. The van der Waals surface area contributed by atoms with Gasteiger partial charge in [-0.1, -0.05) is 6.07 Å². The molecule has 1 aromatic carbocycles. The zero-order chi connectivity index (χ0) is 12.3. The summed E-state index contributed by atoms with van der Waals surface area (Å²) in [6.07, 6.45) is 0. The average Bonchev–Trinajstić information content (AvgIpc) is 2.70. The van der Waals surface area contributed by atoms with Crippen LogP contribution in [-0.4, -0.2) is 0 Å². The number of benzene rings is 1. The minimum atomic E-state index is 0.876. The largest absolute Gasteiger partial charge is 0.308 e. The molecular formula is C12H10Br3NS. The van der Waals surface area contributed by atoms with Crippen molar-refractivity contribution in [2.24, 2.45) is 0 Å². The molecule has 2 aromatic rings. The van der Waals surface area contributed by atoms with Crippen LogP contribution in [-0.2, 0) is 13.1 Å². The molecule has 0 amide bonds. The molecule has 0 spiro atoms. The molecule has 1 nitrogen and oxygen atoms in total. The molecule has 90 valence electrons. The van der Waals surface area contributed by atoms with E-state index in [1.807, 2.05) is 0 Å². The van der Waals surface area contributed by atoms with E-state index < -0.39 is 0 Å². The molecule has 0 aliphatic carbocycles. The van der Waals surface area contributed by atoms with E-state index in [-0.39, 0.29) is 0 Å². The Labute approximate surface area is 130 Å². The lowest BCUT2D eigenvalue weighted by molar-refractivity contribution is 0.700. The highest BCUT2D eigenvalue weighted by atomic mass is 79.9. The number of thiophene rings is 1. The lowest BCUT2D eigenvalue weighted by Gasteiger charge is -2.05. The second-order valence-corrected chi connectivity index (χ2v) is 7.20. The molecule has 0 atom stereocenters. The van der Waals surface area contributed by atoms with Crippen molar-refractivity contribution in [2.45, 2.75) is 13.1 Å². The van der Waals surface area contributed by atoms with E-state index in [4.69, 9.17) is 0 Å². The van der Waals surface area contributed by atoms with Crippen molar-refractivity contribution in [3.8, 4) is 0 Å². The van der Waals surface area contributed by atoms with Gasteiger partial charge in [0.15, 0.2) is 0 Å². The highest BCUT2D eigenvalue weighted by Crippen LogP contribution is 2.24. The van der Waals surface area contributed by atoms with Gasteiger partial charge in [-0.25, -0.2) is 0 Å². The molecular weight excluding hydrogens is 430 g/mol. The van der Waals surface area contributed by atoms with Crippen LogP contribution in [0.15, 0.2) is 43.1 Å². The van der Waals surface area contributed by atoms with Gasteiger partial charge in [-0.05, 0) is 71.6 Å². The van der Waals surface area contributed by atoms with E-state index in [9.17, 15) is 0 Å². The summed E-state index contributed by atoms with van der Waals surface area (Å²) in [5.74, 6) is 0. The quantitative estimate of drug-likeness (QED) is 0.679. The second kappa shape index (κ2) is 6.48. The monoisotopic (exact) mass is 437 g/mol. The molecule has 0 aliphatic rings. The maximum absolute atomic E-state index is 3.51. The standard InChI is InChI=1S/C12H10Br3NS/c13-9-4-10(17-7-9)6-16-5-8-1-2-11(14)12(15)3-8/h1-4,7,16H,5-6H2. The summed E-state index contributed by atoms with van der Waals surface area (Å²) in [4.78, 5) is 1.34. The number of nitrogens with one attached hydrogen (secondary N) is 1. The van der Waals surface area contributed by atoms with Gasteiger partial charge in [0.05, 0.1) is 0 Å². The van der Waals surface area contributed by atoms with Gasteiger partial charge in [-0.3, -0.25) is 0 Å². The third-order valence-electron chi connectivity index (χ3n) is 2.23. The minimum Gasteiger partial charge on any atom is -0.308 e. The van der Waals surface area contributed by atoms with Crippen LogP contribution in [0.5, 0.6) is 0 Å². The van der Waals surface area contributed by atoms with Gasteiger partial charge in [0.1, 0.15) is 0 Å². The predicted octanol–water partition coefficient (Wildman–Crippen LogP) is 5.33. The van der Waals surface area contributed by atoms with E-state index in [2.05, 4.69) is 82.8 Å². The number of halogens is 3. The van der Waals surface area contributed by atoms with Crippen LogP contribution < -0.4 is 5.32 Å². The van der Waals surface area contributed by atoms with Gasteiger partial charge in [-0.2, -0.15) is 0 Å². The minimum absolute atomic E-state index is 0.876. The Hall–Kier alpha value is 0.320. The molecule has 0 saturated heterocycles. The lowest BCUT2D eigenvalue weighted by atomic mass is 10.2. The van der Waals surface area contributed by atoms with Gasteiger partial charge in [-0.15, -0.1) is 11.3 Å². The van der Waals surface area contributed by atoms with Gasteiger partial charge < -0.3 is 5.32 Å². The number of hydrogen-bond acceptors (Lipinski definition) is 2. The first-order valence-corrected chi connectivity index (χ1v) is 8.28. The lowest BCUT2D eigenvalue weighted by Crippen LogP contribution is -2.11. The van der Waals surface area contributed by atoms with Crippen molar-refractivity contribution >= 4 is 59.1 Å². The third-order valence-corrected chi connectivity index (χ3v) is 5.81. The Balaban J connectivity index is 1.87. The molecule has 0 radical (unpaired) electrons. The molecule has 2 rings (SSSR count). The number of rotatable bonds is 4. The first-order valence-electron chi connectivity index (χ1n) is 5.03. The van der Waals surface area contributed by atoms with E-state index in [0.29, 0.717) is 0 Å². The third kappa shape index (κ3) is 4.17. The normalized spacial score (nSPS) is 10.8. The average molecular weight is 440 g/mol. The smallest absolute Gasteiger partial charge is 0.0320 e. The Morgan fingerprint density at radius 3 is 2.47 bits per heavy atom. The summed E-state index contributed by atoms with van der Waals surface area (Å²) in [6.45, 7) is 1.78.